The van der Waals surface area contributed by atoms with E-state index in [1.54, 1.807) is 0 Å². The van der Waals surface area contributed by atoms with E-state index in [2.05, 4.69) is 44.5 Å². The van der Waals surface area contributed by atoms with Crippen LogP contribution in [0.15, 0.2) is 51.6 Å². The van der Waals surface area contributed by atoms with E-state index in [9.17, 15) is 4.79 Å². The molecule has 136 valence electrons. The van der Waals surface area contributed by atoms with Crippen LogP contribution in [0.1, 0.15) is 53.4 Å². The van der Waals surface area contributed by atoms with Crippen molar-refractivity contribution in [2.24, 2.45) is 22.7 Å². The molecular formula is C22H31NO2. The highest BCUT2D eigenvalue weighted by atomic mass is 16.4. The fraction of sp³-hybridized carbons (Fsp3) is 0.545. The van der Waals surface area contributed by atoms with Crippen molar-refractivity contribution < 1.29 is 9.90 Å². The number of hydrogen-bond donors (Lipinski definition) is 1. The minimum atomic E-state index is -0.659. The van der Waals surface area contributed by atoms with Gasteiger partial charge in [-0.05, 0) is 76.4 Å². The van der Waals surface area contributed by atoms with Crippen molar-refractivity contribution in [2.45, 2.75) is 53.4 Å². The first-order valence-corrected chi connectivity index (χ1v) is 9.18. The maximum absolute atomic E-state index is 11.0. The molecule has 0 spiro atoms. The van der Waals surface area contributed by atoms with Crippen molar-refractivity contribution in [3.63, 3.8) is 0 Å². The van der Waals surface area contributed by atoms with Crippen LogP contribution >= 0.6 is 0 Å². The van der Waals surface area contributed by atoms with Crippen LogP contribution in [0.3, 0.4) is 0 Å². The van der Waals surface area contributed by atoms with E-state index in [1.165, 1.54) is 35.1 Å². The van der Waals surface area contributed by atoms with Crippen LogP contribution in [0.2, 0.25) is 0 Å². The average Bonchev–Trinajstić information content (AvgIpc) is 3.33. The maximum atomic E-state index is 11.0. The summed E-state index contributed by atoms with van der Waals surface area (Å²) in [6, 6.07) is 0. The van der Waals surface area contributed by atoms with Gasteiger partial charge in [0.05, 0.1) is 5.92 Å². The van der Waals surface area contributed by atoms with Gasteiger partial charge in [-0.15, -0.1) is 0 Å². The summed E-state index contributed by atoms with van der Waals surface area (Å²) in [5.41, 5.74) is 7.18. The highest BCUT2D eigenvalue weighted by Gasteiger charge is 2.33. The first-order valence-electron chi connectivity index (χ1n) is 9.18. The van der Waals surface area contributed by atoms with E-state index in [0.29, 0.717) is 11.8 Å². The second-order valence-corrected chi connectivity index (χ2v) is 7.64. The minimum Gasteiger partial charge on any atom is -0.481 e. The van der Waals surface area contributed by atoms with Crippen LogP contribution < -0.4 is 0 Å². The van der Waals surface area contributed by atoms with Crippen molar-refractivity contribution in [1.29, 1.82) is 0 Å². The molecule has 3 heteroatoms. The SMILES string of the molecule is C=C(C)/C(C)=C(C(C)=NC)/C(=C\C(C)=C/C1CC(C(=O)O)C1)C1CC1. The Balaban J connectivity index is 2.30. The summed E-state index contributed by atoms with van der Waals surface area (Å²) in [6.07, 6.45) is 8.53. The third-order valence-corrected chi connectivity index (χ3v) is 5.42. The lowest BCUT2D eigenvalue weighted by molar-refractivity contribution is -0.145. The summed E-state index contributed by atoms with van der Waals surface area (Å²) in [5, 5.41) is 9.03. The number of carboxylic acid groups (broad SMARTS) is 1. The van der Waals surface area contributed by atoms with Crippen LogP contribution in [0, 0.1) is 17.8 Å². The van der Waals surface area contributed by atoms with Crippen molar-refractivity contribution in [3.05, 3.63) is 46.6 Å². The quantitative estimate of drug-likeness (QED) is 0.500. The highest BCUT2D eigenvalue weighted by Crippen LogP contribution is 2.43. The first kappa shape index (κ1) is 19.4. The predicted molar refractivity (Wildman–Crippen MR) is 105 cm³/mol. The van der Waals surface area contributed by atoms with Gasteiger partial charge >= 0.3 is 5.97 Å². The molecule has 0 atom stereocenters. The molecule has 0 amide bonds. The van der Waals surface area contributed by atoms with E-state index >= 15 is 0 Å². The van der Waals surface area contributed by atoms with Gasteiger partial charge in [-0.1, -0.05) is 29.9 Å². The van der Waals surface area contributed by atoms with Crippen LogP contribution in [0.25, 0.3) is 0 Å². The smallest absolute Gasteiger partial charge is 0.306 e. The second kappa shape index (κ2) is 7.99. The molecule has 0 radical (unpaired) electrons. The summed E-state index contributed by atoms with van der Waals surface area (Å²) < 4.78 is 0. The topological polar surface area (TPSA) is 49.7 Å². The molecule has 2 rings (SSSR count). The summed E-state index contributed by atoms with van der Waals surface area (Å²) in [5.74, 6) is 0.191. The van der Waals surface area contributed by atoms with Gasteiger partial charge in [0.1, 0.15) is 0 Å². The molecule has 3 nitrogen and oxygen atoms in total. The third-order valence-electron chi connectivity index (χ3n) is 5.42. The molecule has 2 saturated carbocycles. The van der Waals surface area contributed by atoms with Gasteiger partial charge in [0.2, 0.25) is 0 Å². The number of aliphatic imine (C=N–C) groups is 1. The van der Waals surface area contributed by atoms with Crippen LogP contribution in [0.4, 0.5) is 0 Å². The zero-order valence-corrected chi connectivity index (χ0v) is 16.2. The number of carboxylic acids is 1. The highest BCUT2D eigenvalue weighted by molar-refractivity contribution is 6.03. The lowest BCUT2D eigenvalue weighted by atomic mass is 9.74. The lowest BCUT2D eigenvalue weighted by Gasteiger charge is -2.30. The Labute approximate surface area is 151 Å². The van der Waals surface area contributed by atoms with Gasteiger partial charge in [-0.3, -0.25) is 9.79 Å². The van der Waals surface area contributed by atoms with Crippen LogP contribution in [-0.2, 0) is 4.79 Å². The number of carbonyl (C=O) groups is 1. The fourth-order valence-corrected chi connectivity index (χ4v) is 3.48. The molecule has 2 fully saturated rings. The summed E-state index contributed by atoms with van der Waals surface area (Å²) in [4.78, 5) is 15.4. The number of rotatable bonds is 7. The van der Waals surface area contributed by atoms with Crippen molar-refractivity contribution in [1.82, 2.24) is 0 Å². The minimum absolute atomic E-state index is 0.156. The van der Waals surface area contributed by atoms with Crippen LogP contribution in [-0.4, -0.2) is 23.8 Å². The van der Waals surface area contributed by atoms with Crippen molar-refractivity contribution >= 4 is 11.7 Å². The van der Waals surface area contributed by atoms with Gasteiger partial charge in [0, 0.05) is 18.3 Å². The standard InChI is InChI=1S/C22H31NO2/c1-13(2)15(4)21(16(5)23-6)20(18-7-8-18)10-14(3)9-17-11-19(12-17)22(24)25/h9-10,17-19H,1,7-8,11-12H2,2-6H3,(H,24,25)/b14-9-,20-10-,21-15+,23-16?. The summed E-state index contributed by atoms with van der Waals surface area (Å²) >= 11 is 0. The Morgan fingerprint density at radius 3 is 2.16 bits per heavy atom. The Morgan fingerprint density at radius 1 is 1.12 bits per heavy atom. The third kappa shape index (κ3) is 4.81. The fourth-order valence-electron chi connectivity index (χ4n) is 3.48. The normalized spacial score (nSPS) is 26.0. The van der Waals surface area contributed by atoms with E-state index < -0.39 is 5.97 Å². The number of hydrogen-bond acceptors (Lipinski definition) is 2. The van der Waals surface area contributed by atoms with Gasteiger partial charge in [0.15, 0.2) is 0 Å². The van der Waals surface area contributed by atoms with E-state index in [-0.39, 0.29) is 5.92 Å². The Morgan fingerprint density at radius 2 is 1.72 bits per heavy atom. The first-order chi connectivity index (χ1) is 11.7. The molecule has 2 aliphatic carbocycles. The number of aliphatic carboxylic acids is 1. The van der Waals surface area contributed by atoms with Gasteiger partial charge in [-0.25, -0.2) is 0 Å². The zero-order valence-electron chi connectivity index (χ0n) is 16.2. The number of allylic oxidation sites excluding steroid dienone is 7. The molecule has 0 aliphatic heterocycles. The largest absolute Gasteiger partial charge is 0.481 e. The number of nitrogens with zero attached hydrogens (tertiary/aromatic N) is 1. The predicted octanol–water partition coefficient (Wildman–Crippen LogP) is 5.36. The van der Waals surface area contributed by atoms with Crippen molar-refractivity contribution in [3.8, 4) is 0 Å². The molecule has 0 bridgehead atoms. The molecule has 1 N–H and O–H groups in total. The molecule has 0 unspecified atom stereocenters. The second-order valence-electron chi connectivity index (χ2n) is 7.64. The molecule has 0 aromatic rings. The Hall–Kier alpha value is -1.90. The molecule has 0 aromatic heterocycles. The molecule has 0 heterocycles. The maximum Gasteiger partial charge on any atom is 0.306 e. The Kier molecular flexibility index (Phi) is 6.21. The summed E-state index contributed by atoms with van der Waals surface area (Å²) in [7, 11) is 1.84. The van der Waals surface area contributed by atoms with Crippen LogP contribution in [0.5, 0.6) is 0 Å². The van der Waals surface area contributed by atoms with Gasteiger partial charge < -0.3 is 5.11 Å². The van der Waals surface area contributed by atoms with E-state index in [1.807, 2.05) is 14.0 Å². The van der Waals surface area contributed by atoms with E-state index in [4.69, 9.17) is 5.11 Å². The lowest BCUT2D eigenvalue weighted by Crippen LogP contribution is -2.29. The monoisotopic (exact) mass is 341 g/mol. The molecular weight excluding hydrogens is 310 g/mol. The summed E-state index contributed by atoms with van der Waals surface area (Å²) in [6.45, 7) is 12.5. The molecule has 2 aliphatic rings. The zero-order chi connectivity index (χ0) is 18.7. The van der Waals surface area contributed by atoms with Gasteiger partial charge in [0.25, 0.3) is 0 Å². The molecule has 25 heavy (non-hydrogen) atoms. The van der Waals surface area contributed by atoms with Crippen molar-refractivity contribution in [2.75, 3.05) is 7.05 Å². The Bertz CT molecular complexity index is 681. The molecule has 0 saturated heterocycles. The van der Waals surface area contributed by atoms with Gasteiger partial charge in [-0.2, -0.15) is 0 Å². The average molecular weight is 341 g/mol. The van der Waals surface area contributed by atoms with E-state index in [0.717, 1.165) is 24.1 Å². The molecule has 0 aromatic carbocycles.